The van der Waals surface area contributed by atoms with Gasteiger partial charge in [-0.1, -0.05) is 5.21 Å². The van der Waals surface area contributed by atoms with Gasteiger partial charge < -0.3 is 0 Å². The van der Waals surface area contributed by atoms with Crippen LogP contribution in [-0.4, -0.2) is 33.7 Å². The van der Waals surface area contributed by atoms with Crippen LogP contribution >= 0.6 is 0 Å². The quantitative estimate of drug-likeness (QED) is 0.869. The summed E-state index contributed by atoms with van der Waals surface area (Å²) in [5.41, 5.74) is 3.09. The van der Waals surface area contributed by atoms with Gasteiger partial charge in [0.05, 0.1) is 5.52 Å². The first kappa shape index (κ1) is 14.3. The molecular weight excluding hydrogens is 277 g/mol. The molecule has 0 saturated carbocycles. The third-order valence-electron chi connectivity index (χ3n) is 2.48. The highest BCUT2D eigenvalue weighted by molar-refractivity contribution is 5.96. The van der Waals surface area contributed by atoms with Gasteiger partial charge >= 0.3 is 6.18 Å². The fourth-order valence-corrected chi connectivity index (χ4v) is 1.59. The summed E-state index contributed by atoms with van der Waals surface area (Å²) in [7, 11) is 0. The third kappa shape index (κ3) is 3.23. The Morgan fingerprint density at radius 2 is 2.20 bits per heavy atom. The van der Waals surface area contributed by atoms with Crippen LogP contribution in [0.25, 0.3) is 11.0 Å². The van der Waals surface area contributed by atoms with Crippen LogP contribution < -0.4 is 5.48 Å². The van der Waals surface area contributed by atoms with Gasteiger partial charge in [0.25, 0.3) is 5.91 Å². The van der Waals surface area contributed by atoms with Gasteiger partial charge in [0.15, 0.2) is 6.61 Å². The Morgan fingerprint density at radius 3 is 2.85 bits per heavy atom. The van der Waals surface area contributed by atoms with Crippen LogP contribution in [0, 0.1) is 0 Å². The Morgan fingerprint density at radius 1 is 1.45 bits per heavy atom. The molecule has 6 nitrogen and oxygen atoms in total. The van der Waals surface area contributed by atoms with Gasteiger partial charge in [-0.25, -0.2) is 10.2 Å². The van der Waals surface area contributed by atoms with E-state index in [9.17, 15) is 18.0 Å². The molecule has 108 valence electrons. The highest BCUT2D eigenvalue weighted by Gasteiger charge is 2.28. The predicted octanol–water partition coefficient (Wildman–Crippen LogP) is 1.67. The zero-order valence-electron chi connectivity index (χ0n) is 10.4. The highest BCUT2D eigenvalue weighted by Crippen LogP contribution is 2.15. The van der Waals surface area contributed by atoms with Crippen LogP contribution in [0.15, 0.2) is 18.2 Å². The molecule has 0 fully saturated rings. The lowest BCUT2D eigenvalue weighted by atomic mass is 10.2. The number of hydrogen-bond donors (Lipinski definition) is 1. The van der Waals surface area contributed by atoms with Gasteiger partial charge in [-0.05, 0) is 25.1 Å². The van der Waals surface area contributed by atoms with E-state index in [-0.39, 0.29) is 5.56 Å². The molecule has 9 heteroatoms. The van der Waals surface area contributed by atoms with E-state index in [1.54, 1.807) is 16.2 Å². The van der Waals surface area contributed by atoms with E-state index in [4.69, 9.17) is 0 Å². The molecule has 0 aliphatic carbocycles. The van der Waals surface area contributed by atoms with E-state index in [2.05, 4.69) is 15.1 Å². The smallest absolute Gasteiger partial charge is 0.267 e. The van der Waals surface area contributed by atoms with E-state index in [1.807, 2.05) is 6.92 Å². The monoisotopic (exact) mass is 288 g/mol. The van der Waals surface area contributed by atoms with Crippen molar-refractivity contribution in [2.75, 3.05) is 6.61 Å². The van der Waals surface area contributed by atoms with Crippen molar-refractivity contribution >= 4 is 16.9 Å². The largest absolute Gasteiger partial charge is 0.414 e. The maximum Gasteiger partial charge on any atom is 0.414 e. The van der Waals surface area contributed by atoms with Gasteiger partial charge in [0, 0.05) is 12.1 Å². The van der Waals surface area contributed by atoms with Crippen molar-refractivity contribution in [1.82, 2.24) is 20.5 Å². The number of alkyl halides is 3. The molecule has 0 bridgehead atoms. The first-order valence-corrected chi connectivity index (χ1v) is 5.73. The van der Waals surface area contributed by atoms with Gasteiger partial charge in [-0.15, -0.1) is 5.10 Å². The molecule has 2 aromatic rings. The van der Waals surface area contributed by atoms with Crippen LogP contribution in [0.2, 0.25) is 0 Å². The van der Waals surface area contributed by atoms with Crippen molar-refractivity contribution in [3.05, 3.63) is 23.8 Å². The number of hydrogen-bond acceptors (Lipinski definition) is 4. The molecule has 0 radical (unpaired) electrons. The topological polar surface area (TPSA) is 69.0 Å². The van der Waals surface area contributed by atoms with E-state index in [0.717, 1.165) is 5.52 Å². The maximum atomic E-state index is 11.9. The Hall–Kier alpha value is -2.16. The summed E-state index contributed by atoms with van der Waals surface area (Å²) in [6.45, 7) is 0.962. The van der Waals surface area contributed by atoms with Gasteiger partial charge in [-0.2, -0.15) is 13.2 Å². The maximum absolute atomic E-state index is 11.9. The molecule has 1 aromatic carbocycles. The first-order chi connectivity index (χ1) is 9.40. The Bertz CT molecular complexity index is 624. The fourth-order valence-electron chi connectivity index (χ4n) is 1.59. The van der Waals surface area contributed by atoms with Crippen molar-refractivity contribution in [2.24, 2.45) is 0 Å². The fraction of sp³-hybridized carbons (Fsp3) is 0.364. The Kier molecular flexibility index (Phi) is 3.89. The molecule has 0 aliphatic heterocycles. The molecular formula is C11H11F3N4O2. The van der Waals surface area contributed by atoms with Crippen molar-refractivity contribution in [1.29, 1.82) is 0 Å². The zero-order chi connectivity index (χ0) is 14.8. The normalized spacial score (nSPS) is 11.8. The molecule has 1 heterocycles. The Balaban J connectivity index is 2.07. The number of carbonyl (C=O) groups is 1. The lowest BCUT2D eigenvalue weighted by molar-refractivity contribution is -0.184. The number of aryl methyl sites for hydroxylation is 1. The second kappa shape index (κ2) is 5.45. The number of rotatable bonds is 4. The van der Waals surface area contributed by atoms with Gasteiger partial charge in [-0.3, -0.25) is 9.63 Å². The standard InChI is InChI=1S/C11H11F3N4O2/c1-2-18-9-4-3-7(5-8(9)15-17-18)10(19)16-20-6-11(12,13)14/h3-5H,2,6H2,1H3,(H,16,19). The number of carbonyl (C=O) groups excluding carboxylic acids is 1. The van der Waals surface area contributed by atoms with E-state index < -0.39 is 18.7 Å². The third-order valence-corrected chi connectivity index (χ3v) is 2.48. The lowest BCUT2D eigenvalue weighted by Crippen LogP contribution is -2.29. The van der Waals surface area contributed by atoms with Gasteiger partial charge in [0.2, 0.25) is 0 Å². The minimum atomic E-state index is -4.50. The highest BCUT2D eigenvalue weighted by atomic mass is 19.4. The van der Waals surface area contributed by atoms with Crippen LogP contribution in [-0.2, 0) is 11.4 Å². The number of nitrogens with zero attached hydrogens (tertiary/aromatic N) is 3. The number of benzene rings is 1. The molecule has 20 heavy (non-hydrogen) atoms. The molecule has 0 aliphatic rings. The average molecular weight is 288 g/mol. The summed E-state index contributed by atoms with van der Waals surface area (Å²) in [4.78, 5) is 15.7. The molecule has 1 amide bonds. The van der Waals surface area contributed by atoms with E-state index in [1.165, 1.54) is 12.1 Å². The summed E-state index contributed by atoms with van der Waals surface area (Å²) in [5, 5.41) is 7.73. The summed E-state index contributed by atoms with van der Waals surface area (Å²) in [5.74, 6) is -0.776. The number of aromatic nitrogens is 3. The van der Waals surface area contributed by atoms with Crippen LogP contribution in [0.5, 0.6) is 0 Å². The Labute approximate surface area is 111 Å². The van der Waals surface area contributed by atoms with Crippen molar-refractivity contribution in [3.63, 3.8) is 0 Å². The number of hydroxylamine groups is 1. The van der Waals surface area contributed by atoms with Crippen LogP contribution in [0.4, 0.5) is 13.2 Å². The first-order valence-electron chi connectivity index (χ1n) is 5.73. The second-order valence-electron chi connectivity index (χ2n) is 3.94. The number of halogens is 3. The molecule has 0 spiro atoms. The minimum Gasteiger partial charge on any atom is -0.267 e. The zero-order valence-corrected chi connectivity index (χ0v) is 10.4. The van der Waals surface area contributed by atoms with Crippen LogP contribution in [0.1, 0.15) is 17.3 Å². The second-order valence-corrected chi connectivity index (χ2v) is 3.94. The summed E-state index contributed by atoms with van der Waals surface area (Å²) < 4.78 is 37.2. The summed E-state index contributed by atoms with van der Waals surface area (Å²) in [6, 6.07) is 4.52. The van der Waals surface area contributed by atoms with Gasteiger partial charge in [0.1, 0.15) is 5.52 Å². The molecule has 1 N–H and O–H groups in total. The summed E-state index contributed by atoms with van der Waals surface area (Å²) in [6.07, 6.45) is -4.50. The molecule has 0 atom stereocenters. The molecule has 0 unspecified atom stereocenters. The SMILES string of the molecule is CCn1nnc2cc(C(=O)NOCC(F)(F)F)ccc21. The average Bonchev–Trinajstić information content (AvgIpc) is 2.79. The number of amides is 1. The molecule has 2 rings (SSSR count). The van der Waals surface area contributed by atoms with E-state index >= 15 is 0 Å². The number of fused-ring (bicyclic) bond motifs is 1. The number of nitrogens with one attached hydrogen (secondary N) is 1. The van der Waals surface area contributed by atoms with Crippen LogP contribution in [0.3, 0.4) is 0 Å². The lowest BCUT2D eigenvalue weighted by Gasteiger charge is -2.08. The molecule has 0 saturated heterocycles. The predicted molar refractivity (Wildman–Crippen MR) is 62.7 cm³/mol. The van der Waals surface area contributed by atoms with Crippen molar-refractivity contribution < 1.29 is 22.8 Å². The summed E-state index contributed by atoms with van der Waals surface area (Å²) >= 11 is 0. The van der Waals surface area contributed by atoms with Crippen molar-refractivity contribution in [3.8, 4) is 0 Å². The van der Waals surface area contributed by atoms with Crippen molar-refractivity contribution in [2.45, 2.75) is 19.6 Å². The van der Waals surface area contributed by atoms with E-state index in [0.29, 0.717) is 12.1 Å². The molecule has 1 aromatic heterocycles. The minimum absolute atomic E-state index is 0.142.